The molecule has 6 heteroatoms. The summed E-state index contributed by atoms with van der Waals surface area (Å²) in [6.45, 7) is 2.15. The van der Waals surface area contributed by atoms with Gasteiger partial charge in [0.2, 0.25) is 5.91 Å². The van der Waals surface area contributed by atoms with E-state index in [-0.39, 0.29) is 11.8 Å². The number of nitrogens with one attached hydrogen (secondary N) is 1. The second-order valence-corrected chi connectivity index (χ2v) is 7.02. The van der Waals surface area contributed by atoms with E-state index in [1.807, 2.05) is 0 Å². The number of benzene rings is 1. The minimum absolute atomic E-state index is 0.0146. The molecule has 0 bridgehead atoms. The van der Waals surface area contributed by atoms with Crippen LogP contribution < -0.4 is 10.2 Å². The second kappa shape index (κ2) is 6.86. The van der Waals surface area contributed by atoms with Gasteiger partial charge in [-0.25, -0.2) is 4.79 Å². The topological polar surface area (TPSA) is 86.7 Å². The van der Waals surface area contributed by atoms with Gasteiger partial charge >= 0.3 is 5.97 Å². The second-order valence-electron chi connectivity index (χ2n) is 7.02. The van der Waals surface area contributed by atoms with E-state index in [0.717, 1.165) is 36.9 Å². The Morgan fingerprint density at radius 2 is 1.80 bits per heavy atom. The third-order valence-corrected chi connectivity index (χ3v) is 5.34. The Labute approximate surface area is 147 Å². The van der Waals surface area contributed by atoms with Crippen LogP contribution in [0.4, 0.5) is 5.69 Å². The third kappa shape index (κ3) is 3.38. The Morgan fingerprint density at radius 3 is 2.40 bits per heavy atom. The number of carboxylic acids is 1. The van der Waals surface area contributed by atoms with E-state index in [1.165, 1.54) is 6.92 Å². The number of anilines is 1. The average Bonchev–Trinajstić information content (AvgIpc) is 2.86. The van der Waals surface area contributed by atoms with Crippen molar-refractivity contribution in [2.45, 2.75) is 57.4 Å². The summed E-state index contributed by atoms with van der Waals surface area (Å²) in [5.41, 5.74) is 1.08. The summed E-state index contributed by atoms with van der Waals surface area (Å²) >= 11 is 0. The largest absolute Gasteiger partial charge is 0.480 e. The number of carbonyl (C=O) groups excluding carboxylic acids is 2. The number of aliphatic carboxylic acids is 1. The lowest BCUT2D eigenvalue weighted by Gasteiger charge is -2.29. The van der Waals surface area contributed by atoms with E-state index < -0.39 is 11.5 Å². The molecule has 1 fully saturated rings. The molecule has 1 aromatic carbocycles. The number of carboxylic acid groups (broad SMARTS) is 1. The summed E-state index contributed by atoms with van der Waals surface area (Å²) in [6, 6.07) is 5.22. The molecule has 6 nitrogen and oxygen atoms in total. The molecule has 0 unspecified atom stereocenters. The van der Waals surface area contributed by atoms with Crippen LogP contribution in [0.25, 0.3) is 0 Å². The van der Waals surface area contributed by atoms with Gasteiger partial charge in [-0.1, -0.05) is 25.7 Å². The number of hydrogen-bond acceptors (Lipinski definition) is 3. The Morgan fingerprint density at radius 1 is 1.12 bits per heavy atom. The van der Waals surface area contributed by atoms with Gasteiger partial charge in [0.15, 0.2) is 0 Å². The Kier molecular flexibility index (Phi) is 4.79. The first-order valence-electron chi connectivity index (χ1n) is 8.90. The van der Waals surface area contributed by atoms with E-state index >= 15 is 0 Å². The van der Waals surface area contributed by atoms with E-state index in [4.69, 9.17) is 0 Å². The molecule has 1 saturated carbocycles. The van der Waals surface area contributed by atoms with Gasteiger partial charge in [0.25, 0.3) is 5.91 Å². The van der Waals surface area contributed by atoms with Crippen molar-refractivity contribution in [1.82, 2.24) is 5.32 Å². The van der Waals surface area contributed by atoms with Crippen molar-refractivity contribution < 1.29 is 19.5 Å². The zero-order valence-electron chi connectivity index (χ0n) is 14.5. The number of hydrogen-bond donors (Lipinski definition) is 2. The molecular formula is C19H24N2O4. The maximum atomic E-state index is 12.7. The third-order valence-electron chi connectivity index (χ3n) is 5.34. The van der Waals surface area contributed by atoms with E-state index in [2.05, 4.69) is 5.32 Å². The molecule has 1 heterocycles. The van der Waals surface area contributed by atoms with Gasteiger partial charge in [-0.3, -0.25) is 9.59 Å². The van der Waals surface area contributed by atoms with Crippen LogP contribution in [-0.4, -0.2) is 35.0 Å². The predicted octanol–water partition coefficient (Wildman–Crippen LogP) is 2.50. The molecule has 2 N–H and O–H groups in total. The number of fused-ring (bicyclic) bond motifs is 1. The summed E-state index contributed by atoms with van der Waals surface area (Å²) in [5, 5.41) is 12.5. The van der Waals surface area contributed by atoms with E-state index in [9.17, 15) is 19.5 Å². The minimum atomic E-state index is -1.17. The summed E-state index contributed by atoms with van der Waals surface area (Å²) in [5.74, 6) is -1.32. The van der Waals surface area contributed by atoms with Crippen LogP contribution >= 0.6 is 0 Å². The van der Waals surface area contributed by atoms with Crippen LogP contribution in [0.1, 0.15) is 61.4 Å². The fourth-order valence-electron chi connectivity index (χ4n) is 3.88. The standard InChI is InChI=1S/C19H24N2O4/c1-13(22)21-11-8-14-12-15(6-7-16(14)21)17(23)20-19(18(24)25)9-4-2-3-5-10-19/h6-7,12H,2-5,8-11H2,1H3,(H,20,23)(H,24,25). The first-order chi connectivity index (χ1) is 11.9. The number of rotatable bonds is 3. The van der Waals surface area contributed by atoms with Crippen LogP contribution in [0.2, 0.25) is 0 Å². The molecule has 1 aliphatic heterocycles. The predicted molar refractivity (Wildman–Crippen MR) is 93.7 cm³/mol. The van der Waals surface area contributed by atoms with Crippen LogP contribution in [-0.2, 0) is 16.0 Å². The van der Waals surface area contributed by atoms with Crippen molar-refractivity contribution in [2.24, 2.45) is 0 Å². The molecular weight excluding hydrogens is 320 g/mol. The smallest absolute Gasteiger partial charge is 0.329 e. The van der Waals surface area contributed by atoms with Gasteiger partial charge in [0.05, 0.1) is 0 Å². The van der Waals surface area contributed by atoms with Gasteiger partial charge in [-0.05, 0) is 43.0 Å². The summed E-state index contributed by atoms with van der Waals surface area (Å²) in [6.07, 6.45) is 5.28. The quantitative estimate of drug-likeness (QED) is 0.825. The van der Waals surface area contributed by atoms with Gasteiger partial charge in [0, 0.05) is 24.7 Å². The van der Waals surface area contributed by atoms with Crippen molar-refractivity contribution in [3.63, 3.8) is 0 Å². The summed E-state index contributed by atoms with van der Waals surface area (Å²) in [4.78, 5) is 37.9. The lowest BCUT2D eigenvalue weighted by atomic mass is 9.89. The highest BCUT2D eigenvalue weighted by molar-refractivity contribution is 6.00. The number of carbonyl (C=O) groups is 3. The SMILES string of the molecule is CC(=O)N1CCc2cc(C(=O)NC3(C(=O)O)CCCCCC3)ccc21. The van der Waals surface area contributed by atoms with Crippen LogP contribution in [0, 0.1) is 0 Å². The lowest BCUT2D eigenvalue weighted by molar-refractivity contribution is -0.145. The van der Waals surface area contributed by atoms with Crippen LogP contribution in [0.3, 0.4) is 0 Å². The molecule has 2 amide bonds. The molecule has 134 valence electrons. The summed E-state index contributed by atoms with van der Waals surface area (Å²) < 4.78 is 0. The zero-order chi connectivity index (χ0) is 18.0. The molecule has 0 saturated heterocycles. The Bertz CT molecular complexity index is 705. The fraction of sp³-hybridized carbons (Fsp3) is 0.526. The zero-order valence-corrected chi connectivity index (χ0v) is 14.5. The van der Waals surface area contributed by atoms with Crippen molar-refractivity contribution >= 4 is 23.5 Å². The molecule has 1 aliphatic carbocycles. The van der Waals surface area contributed by atoms with E-state index in [1.54, 1.807) is 23.1 Å². The number of amides is 2. The molecule has 0 atom stereocenters. The van der Waals surface area contributed by atoms with Crippen molar-refractivity contribution in [1.29, 1.82) is 0 Å². The Hall–Kier alpha value is -2.37. The van der Waals surface area contributed by atoms with Gasteiger partial charge in [0.1, 0.15) is 5.54 Å². The van der Waals surface area contributed by atoms with Crippen LogP contribution in [0.5, 0.6) is 0 Å². The molecule has 1 aromatic rings. The van der Waals surface area contributed by atoms with Gasteiger partial charge in [-0.15, -0.1) is 0 Å². The maximum Gasteiger partial charge on any atom is 0.329 e. The Balaban J connectivity index is 1.81. The van der Waals surface area contributed by atoms with E-state index in [0.29, 0.717) is 31.4 Å². The maximum absolute atomic E-state index is 12.7. The highest BCUT2D eigenvalue weighted by Crippen LogP contribution is 2.30. The molecule has 3 rings (SSSR count). The highest BCUT2D eigenvalue weighted by atomic mass is 16.4. The van der Waals surface area contributed by atoms with Crippen molar-refractivity contribution in [3.05, 3.63) is 29.3 Å². The monoisotopic (exact) mass is 344 g/mol. The van der Waals surface area contributed by atoms with Crippen molar-refractivity contribution in [2.75, 3.05) is 11.4 Å². The van der Waals surface area contributed by atoms with Crippen molar-refractivity contribution in [3.8, 4) is 0 Å². The number of nitrogens with zero attached hydrogens (tertiary/aromatic N) is 1. The molecule has 0 spiro atoms. The molecule has 0 radical (unpaired) electrons. The van der Waals surface area contributed by atoms with Gasteiger partial charge < -0.3 is 15.3 Å². The lowest BCUT2D eigenvalue weighted by Crippen LogP contribution is -2.54. The van der Waals surface area contributed by atoms with Gasteiger partial charge in [-0.2, -0.15) is 0 Å². The molecule has 25 heavy (non-hydrogen) atoms. The first-order valence-corrected chi connectivity index (χ1v) is 8.90. The fourth-order valence-corrected chi connectivity index (χ4v) is 3.88. The highest BCUT2D eigenvalue weighted by Gasteiger charge is 2.40. The average molecular weight is 344 g/mol. The normalized spacial score (nSPS) is 19.0. The summed E-state index contributed by atoms with van der Waals surface area (Å²) in [7, 11) is 0. The molecule has 0 aromatic heterocycles. The minimum Gasteiger partial charge on any atom is -0.480 e. The molecule has 2 aliphatic rings. The first kappa shape index (κ1) is 17.5. The van der Waals surface area contributed by atoms with Crippen LogP contribution in [0.15, 0.2) is 18.2 Å².